The number of nitrogens with zero attached hydrogens (tertiary/aromatic N) is 3. The molecule has 0 amide bonds. The number of hydrogen-bond donors (Lipinski definition) is 3. The molecule has 0 spiro atoms. The first kappa shape index (κ1) is 19.0. The summed E-state index contributed by atoms with van der Waals surface area (Å²) in [6.07, 6.45) is -0.155. The smallest absolute Gasteiger partial charge is 0.349 e. The summed E-state index contributed by atoms with van der Waals surface area (Å²) >= 11 is 0. The van der Waals surface area contributed by atoms with Crippen LogP contribution in [0.25, 0.3) is 22.6 Å². The normalized spacial score (nSPS) is 12.6. The van der Waals surface area contributed by atoms with Gasteiger partial charge in [-0.05, 0) is 38.3 Å². The molecule has 3 rings (SSSR count). The van der Waals surface area contributed by atoms with E-state index in [4.69, 9.17) is 9.84 Å². The summed E-state index contributed by atoms with van der Waals surface area (Å²) in [6.45, 7) is 4.42. The molecule has 2 aliphatic rings. The summed E-state index contributed by atoms with van der Waals surface area (Å²) in [5.41, 5.74) is 0.769. The zero-order chi connectivity index (χ0) is 19.6. The first-order valence-electron chi connectivity index (χ1n) is 8.81. The van der Waals surface area contributed by atoms with Gasteiger partial charge in [-0.2, -0.15) is 4.98 Å². The van der Waals surface area contributed by atoms with Gasteiger partial charge in [0.25, 0.3) is 5.56 Å². The lowest BCUT2D eigenvalue weighted by molar-refractivity contribution is 0.121. The number of aliphatic hydroxyl groups excluding tert-OH is 2. The molecule has 0 bridgehead atoms. The molecule has 0 saturated heterocycles. The van der Waals surface area contributed by atoms with Crippen LogP contribution in [0.4, 0.5) is 0 Å². The Morgan fingerprint density at radius 2 is 2.04 bits per heavy atom. The van der Waals surface area contributed by atoms with Crippen molar-refractivity contribution >= 4 is 11.0 Å². The van der Waals surface area contributed by atoms with Gasteiger partial charge in [-0.15, -0.1) is 0 Å². The van der Waals surface area contributed by atoms with E-state index in [2.05, 4.69) is 15.0 Å². The van der Waals surface area contributed by atoms with Crippen LogP contribution in [-0.2, 0) is 6.54 Å². The molecule has 1 atom stereocenters. The minimum Gasteiger partial charge on any atom is -0.494 e. The minimum atomic E-state index is -0.754. The van der Waals surface area contributed by atoms with Crippen molar-refractivity contribution in [3.8, 4) is 17.3 Å². The van der Waals surface area contributed by atoms with E-state index in [-0.39, 0.29) is 24.5 Å². The van der Waals surface area contributed by atoms with Gasteiger partial charge >= 0.3 is 5.69 Å². The summed E-state index contributed by atoms with van der Waals surface area (Å²) in [4.78, 5) is 34.4. The summed E-state index contributed by atoms with van der Waals surface area (Å²) in [5, 5.41) is 19.0. The van der Waals surface area contributed by atoms with Gasteiger partial charge in [-0.25, -0.2) is 9.78 Å². The molecule has 0 saturated carbocycles. The third-order valence-corrected chi connectivity index (χ3v) is 4.35. The van der Waals surface area contributed by atoms with Crippen LogP contribution in [0, 0.1) is 6.92 Å². The van der Waals surface area contributed by atoms with Gasteiger partial charge in [0, 0.05) is 19.2 Å². The van der Waals surface area contributed by atoms with Crippen molar-refractivity contribution in [3.63, 3.8) is 0 Å². The van der Waals surface area contributed by atoms with Crippen LogP contribution in [0.1, 0.15) is 25.3 Å². The fourth-order valence-electron chi connectivity index (χ4n) is 3.04. The first-order chi connectivity index (χ1) is 12.9. The molecule has 0 radical (unpaired) electrons. The molecule has 2 heterocycles. The zero-order valence-corrected chi connectivity index (χ0v) is 15.2. The predicted octanol–water partition coefficient (Wildman–Crippen LogP) is 0.425. The van der Waals surface area contributed by atoms with Crippen molar-refractivity contribution in [1.82, 2.24) is 19.5 Å². The molecule has 144 valence electrons. The Kier molecular flexibility index (Phi) is 5.52. The van der Waals surface area contributed by atoms with Crippen LogP contribution >= 0.6 is 0 Å². The topological polar surface area (TPSA) is 130 Å². The molecule has 2 aliphatic heterocycles. The highest BCUT2D eigenvalue weighted by Crippen LogP contribution is 2.28. The molecule has 3 N–H and O–H groups in total. The molecule has 0 unspecified atom stereocenters. The number of rotatable bonds is 7. The Balaban J connectivity index is 2.25. The Hall–Kier alpha value is -2.78. The lowest BCUT2D eigenvalue weighted by atomic mass is 10.1. The van der Waals surface area contributed by atoms with Crippen molar-refractivity contribution in [2.45, 2.75) is 39.3 Å². The Morgan fingerprint density at radius 1 is 1.26 bits per heavy atom. The standard InChI is InChI=1S/C18H22N4O5/c1-3-27-14-9-13-12(8-10(14)2)19-15-16(20-18(26)21-17(15)25)22(13)6-4-11(24)5-7-23/h8-9,11,23-24H,3-7H2,1-2H3,(H,21,25,26)/t11-/m0/s1. The number of aliphatic hydroxyl groups is 2. The van der Waals surface area contributed by atoms with Crippen molar-refractivity contribution in [2.24, 2.45) is 0 Å². The number of aromatic nitrogens is 4. The number of H-pyrrole nitrogens is 1. The number of nitrogens with one attached hydrogen (secondary N) is 1. The molecule has 9 nitrogen and oxygen atoms in total. The maximum absolute atomic E-state index is 12.2. The van der Waals surface area contributed by atoms with Crippen molar-refractivity contribution < 1.29 is 14.9 Å². The van der Waals surface area contributed by atoms with E-state index in [0.717, 1.165) is 5.56 Å². The number of aromatic amines is 1. The van der Waals surface area contributed by atoms with Crippen LogP contribution in [0.2, 0.25) is 0 Å². The molecule has 0 aliphatic carbocycles. The van der Waals surface area contributed by atoms with Crippen molar-refractivity contribution in [1.29, 1.82) is 0 Å². The molecule has 1 aromatic carbocycles. The Labute approximate surface area is 154 Å². The Bertz CT molecular complexity index is 1040. The number of benzene rings is 1. The lowest BCUT2D eigenvalue weighted by Gasteiger charge is -2.19. The van der Waals surface area contributed by atoms with E-state index in [1.807, 2.05) is 19.9 Å². The van der Waals surface area contributed by atoms with Crippen LogP contribution < -0.4 is 16.0 Å². The van der Waals surface area contributed by atoms with E-state index in [0.29, 0.717) is 36.4 Å². The number of aryl methyl sites for hydroxylation is 2. The third-order valence-electron chi connectivity index (χ3n) is 4.35. The fourth-order valence-corrected chi connectivity index (χ4v) is 3.04. The van der Waals surface area contributed by atoms with Crippen LogP contribution in [-0.4, -0.2) is 49.0 Å². The first-order valence-corrected chi connectivity index (χ1v) is 8.81. The molecular weight excluding hydrogens is 352 g/mol. The second-order valence-electron chi connectivity index (χ2n) is 6.30. The summed E-state index contributed by atoms with van der Waals surface area (Å²) in [5.74, 6) is 0.821. The second-order valence-corrected chi connectivity index (χ2v) is 6.30. The van der Waals surface area contributed by atoms with Gasteiger partial charge in [-0.3, -0.25) is 9.78 Å². The van der Waals surface area contributed by atoms with Gasteiger partial charge in [0.15, 0.2) is 11.5 Å². The molecule has 0 aromatic heterocycles. The monoisotopic (exact) mass is 374 g/mol. The lowest BCUT2D eigenvalue weighted by Crippen LogP contribution is -2.29. The van der Waals surface area contributed by atoms with E-state index < -0.39 is 17.4 Å². The number of hydrogen-bond acceptors (Lipinski definition) is 7. The summed E-state index contributed by atoms with van der Waals surface area (Å²) in [6, 6.07) is 3.61. The molecule has 1 aromatic rings. The van der Waals surface area contributed by atoms with Crippen molar-refractivity contribution in [2.75, 3.05) is 13.2 Å². The van der Waals surface area contributed by atoms with Crippen LogP contribution in [0.15, 0.2) is 21.7 Å². The third kappa shape index (κ3) is 3.83. The Morgan fingerprint density at radius 3 is 2.74 bits per heavy atom. The van der Waals surface area contributed by atoms with E-state index in [1.165, 1.54) is 0 Å². The molecule has 0 fully saturated rings. The average molecular weight is 374 g/mol. The number of fused-ring (bicyclic) bond motifs is 2. The van der Waals surface area contributed by atoms with E-state index >= 15 is 0 Å². The zero-order valence-electron chi connectivity index (χ0n) is 15.2. The summed E-state index contributed by atoms with van der Waals surface area (Å²) < 4.78 is 7.34. The maximum atomic E-state index is 12.2. The number of ether oxygens (including phenoxy) is 1. The molecular formula is C18H22N4O5. The molecule has 27 heavy (non-hydrogen) atoms. The SMILES string of the molecule is CCOc1cc2c(cc1C)nc1c(=O)[nH]c(=O)nc-1n2CC[C@H](O)CCO. The van der Waals surface area contributed by atoms with Gasteiger partial charge in [0.1, 0.15) is 5.75 Å². The highest BCUT2D eigenvalue weighted by atomic mass is 16.5. The largest absolute Gasteiger partial charge is 0.494 e. The maximum Gasteiger partial charge on any atom is 0.349 e. The van der Waals surface area contributed by atoms with Crippen LogP contribution in [0.5, 0.6) is 5.75 Å². The van der Waals surface area contributed by atoms with E-state index in [1.54, 1.807) is 10.6 Å². The quantitative estimate of drug-likeness (QED) is 0.511. The molecule has 9 heteroatoms. The predicted molar refractivity (Wildman–Crippen MR) is 99.3 cm³/mol. The average Bonchev–Trinajstić information content (AvgIpc) is 2.61. The fraction of sp³-hybridized carbons (Fsp3) is 0.444. The highest BCUT2D eigenvalue weighted by molar-refractivity contribution is 5.82. The summed E-state index contributed by atoms with van der Waals surface area (Å²) in [7, 11) is 0. The van der Waals surface area contributed by atoms with Crippen LogP contribution in [0.3, 0.4) is 0 Å². The van der Waals surface area contributed by atoms with Gasteiger partial charge in [0.2, 0.25) is 0 Å². The minimum absolute atomic E-state index is 0.0577. The van der Waals surface area contributed by atoms with Gasteiger partial charge < -0.3 is 19.5 Å². The van der Waals surface area contributed by atoms with Crippen molar-refractivity contribution in [3.05, 3.63) is 38.5 Å². The second kappa shape index (κ2) is 7.85. The van der Waals surface area contributed by atoms with E-state index in [9.17, 15) is 14.7 Å². The van der Waals surface area contributed by atoms with Gasteiger partial charge in [0.05, 0.1) is 23.7 Å². The van der Waals surface area contributed by atoms with Gasteiger partial charge in [-0.1, -0.05) is 0 Å². The highest BCUT2D eigenvalue weighted by Gasteiger charge is 2.20.